The van der Waals surface area contributed by atoms with Crippen LogP contribution in [0.15, 0.2) is 0 Å². The van der Waals surface area contributed by atoms with Crippen molar-refractivity contribution in [3.8, 4) is 0 Å². The maximum absolute atomic E-state index is 10.7. The van der Waals surface area contributed by atoms with Crippen molar-refractivity contribution in [2.45, 2.75) is 12.8 Å². The fourth-order valence-electron chi connectivity index (χ4n) is 0.963. The molecule has 0 bridgehead atoms. The van der Waals surface area contributed by atoms with E-state index in [1.165, 1.54) is 0 Å². The smallest absolute Gasteiger partial charge is 0.149 e. The van der Waals surface area contributed by atoms with Crippen LogP contribution in [0.3, 0.4) is 0 Å². The normalized spacial score (nSPS) is 22.6. The van der Waals surface area contributed by atoms with E-state index in [1.807, 2.05) is 0 Å². The number of hydroxylamine groups is 2. The molecule has 0 N–H and O–H groups in total. The summed E-state index contributed by atoms with van der Waals surface area (Å²) in [5.74, 6) is 0.281. The Morgan fingerprint density at radius 3 is 2.89 bits per heavy atom. The molecule has 0 amide bonds. The Morgan fingerprint density at radius 2 is 2.44 bits per heavy atom. The summed E-state index contributed by atoms with van der Waals surface area (Å²) in [6, 6.07) is 0. The molecule has 0 aliphatic carbocycles. The number of hydrogen-bond donors (Lipinski definition) is 0. The van der Waals surface area contributed by atoms with Crippen LogP contribution < -0.4 is 0 Å². The molecule has 0 aromatic heterocycles. The third-order valence-corrected chi connectivity index (χ3v) is 1.47. The summed E-state index contributed by atoms with van der Waals surface area (Å²) in [5.41, 5.74) is 0. The van der Waals surface area contributed by atoms with Crippen molar-refractivity contribution in [1.29, 1.82) is 0 Å². The van der Waals surface area contributed by atoms with Crippen molar-refractivity contribution in [2.24, 2.45) is 0 Å². The first kappa shape index (κ1) is 6.71. The molecule has 0 unspecified atom stereocenters. The molecular formula is C6H11NO2. The molecule has 0 saturated carbocycles. The van der Waals surface area contributed by atoms with Gasteiger partial charge in [0.05, 0.1) is 13.7 Å². The fourth-order valence-corrected chi connectivity index (χ4v) is 0.963. The van der Waals surface area contributed by atoms with Gasteiger partial charge in [-0.3, -0.25) is 4.79 Å². The van der Waals surface area contributed by atoms with Gasteiger partial charge in [0.15, 0.2) is 0 Å². The van der Waals surface area contributed by atoms with Gasteiger partial charge in [-0.25, -0.2) is 0 Å². The number of rotatable bonds is 1. The van der Waals surface area contributed by atoms with Crippen LogP contribution in [0.5, 0.6) is 0 Å². The minimum atomic E-state index is 0.281. The maximum atomic E-state index is 10.7. The average molecular weight is 129 g/mol. The molecule has 3 heteroatoms. The highest BCUT2D eigenvalue weighted by atomic mass is 16.7. The van der Waals surface area contributed by atoms with Crippen LogP contribution in [0.25, 0.3) is 0 Å². The van der Waals surface area contributed by atoms with Crippen LogP contribution in [-0.2, 0) is 9.63 Å². The Morgan fingerprint density at radius 1 is 1.67 bits per heavy atom. The fraction of sp³-hybridized carbons (Fsp3) is 0.833. The Balaban J connectivity index is 2.32. The van der Waals surface area contributed by atoms with Crippen molar-refractivity contribution in [1.82, 2.24) is 5.06 Å². The van der Waals surface area contributed by atoms with Gasteiger partial charge >= 0.3 is 0 Å². The van der Waals surface area contributed by atoms with Crippen molar-refractivity contribution < 1.29 is 9.63 Å². The first-order valence-corrected chi connectivity index (χ1v) is 3.13. The highest BCUT2D eigenvalue weighted by Gasteiger charge is 2.15. The molecule has 0 aromatic carbocycles. The molecule has 9 heavy (non-hydrogen) atoms. The highest BCUT2D eigenvalue weighted by molar-refractivity contribution is 5.80. The first-order chi connectivity index (χ1) is 4.33. The minimum absolute atomic E-state index is 0.281. The van der Waals surface area contributed by atoms with Gasteiger partial charge in [-0.2, -0.15) is 5.06 Å². The van der Waals surface area contributed by atoms with E-state index in [0.29, 0.717) is 6.54 Å². The zero-order chi connectivity index (χ0) is 6.69. The number of nitrogens with zero attached hydrogens (tertiary/aromatic N) is 1. The zero-order valence-electron chi connectivity index (χ0n) is 5.59. The molecule has 1 aliphatic rings. The largest absolute Gasteiger partial charge is 0.302 e. The van der Waals surface area contributed by atoms with E-state index >= 15 is 0 Å². The summed E-state index contributed by atoms with van der Waals surface area (Å²) in [6.07, 6.45) is 1.66. The van der Waals surface area contributed by atoms with Crippen LogP contribution in [0, 0.1) is 0 Å². The third-order valence-electron chi connectivity index (χ3n) is 1.47. The first-order valence-electron chi connectivity index (χ1n) is 3.13. The van der Waals surface area contributed by atoms with Gasteiger partial charge in [-0.05, 0) is 6.42 Å². The van der Waals surface area contributed by atoms with Crippen LogP contribution in [0.4, 0.5) is 0 Å². The van der Waals surface area contributed by atoms with Gasteiger partial charge < -0.3 is 4.84 Å². The summed E-state index contributed by atoms with van der Waals surface area (Å²) >= 11 is 0. The van der Waals surface area contributed by atoms with Gasteiger partial charge in [-0.1, -0.05) is 0 Å². The lowest BCUT2D eigenvalue weighted by atomic mass is 10.1. The maximum Gasteiger partial charge on any atom is 0.149 e. The molecule has 0 radical (unpaired) electrons. The van der Waals surface area contributed by atoms with Crippen molar-refractivity contribution in [3.63, 3.8) is 0 Å². The van der Waals surface area contributed by atoms with Gasteiger partial charge in [0, 0.05) is 13.0 Å². The molecular weight excluding hydrogens is 118 g/mol. The van der Waals surface area contributed by atoms with E-state index in [0.717, 1.165) is 19.4 Å². The lowest BCUT2D eigenvalue weighted by Gasteiger charge is -2.22. The summed E-state index contributed by atoms with van der Waals surface area (Å²) in [6.45, 7) is 1.36. The van der Waals surface area contributed by atoms with E-state index in [1.54, 1.807) is 12.2 Å². The van der Waals surface area contributed by atoms with Crippen molar-refractivity contribution in [3.05, 3.63) is 0 Å². The van der Waals surface area contributed by atoms with Gasteiger partial charge in [0.2, 0.25) is 0 Å². The number of carbonyl (C=O) groups excluding carboxylic acids is 1. The quantitative estimate of drug-likeness (QED) is 0.507. The molecule has 1 fully saturated rings. The van der Waals surface area contributed by atoms with Crippen LogP contribution >= 0.6 is 0 Å². The topological polar surface area (TPSA) is 29.5 Å². The summed E-state index contributed by atoms with van der Waals surface area (Å²) < 4.78 is 0. The standard InChI is InChI=1S/C6H11NO2/c1-9-7-4-2-3-6(8)5-7/h2-5H2,1H3. The monoisotopic (exact) mass is 129 g/mol. The van der Waals surface area contributed by atoms with E-state index in [2.05, 4.69) is 0 Å². The van der Waals surface area contributed by atoms with Gasteiger partial charge in [0.1, 0.15) is 5.78 Å². The second kappa shape index (κ2) is 2.94. The Labute approximate surface area is 54.5 Å². The van der Waals surface area contributed by atoms with Gasteiger partial charge in [0.25, 0.3) is 0 Å². The summed E-state index contributed by atoms with van der Waals surface area (Å²) in [5, 5.41) is 1.69. The number of hydrogen-bond acceptors (Lipinski definition) is 3. The molecule has 1 aliphatic heterocycles. The number of Topliss-reactive ketones (excluding diaryl/α,β-unsaturated/α-hetero) is 1. The predicted octanol–water partition coefficient (Wildman–Crippen LogP) is 0.213. The predicted molar refractivity (Wildman–Crippen MR) is 32.8 cm³/mol. The second-order valence-electron chi connectivity index (χ2n) is 2.19. The Hall–Kier alpha value is -0.410. The zero-order valence-corrected chi connectivity index (χ0v) is 5.59. The van der Waals surface area contributed by atoms with Crippen LogP contribution in [-0.4, -0.2) is 31.0 Å². The lowest BCUT2D eigenvalue weighted by molar-refractivity contribution is -0.157. The lowest BCUT2D eigenvalue weighted by Crippen LogP contribution is -2.34. The van der Waals surface area contributed by atoms with E-state index in [-0.39, 0.29) is 5.78 Å². The summed E-state index contributed by atoms with van der Waals surface area (Å²) in [7, 11) is 1.60. The van der Waals surface area contributed by atoms with Crippen molar-refractivity contribution in [2.75, 3.05) is 20.2 Å². The molecule has 52 valence electrons. The SMILES string of the molecule is CON1CCCC(=O)C1. The number of ketones is 1. The highest BCUT2D eigenvalue weighted by Crippen LogP contribution is 2.04. The number of carbonyl (C=O) groups is 1. The van der Waals surface area contributed by atoms with Crippen LogP contribution in [0.1, 0.15) is 12.8 Å². The average Bonchev–Trinajstić information content (AvgIpc) is 1.88. The van der Waals surface area contributed by atoms with E-state index in [9.17, 15) is 4.79 Å². The molecule has 0 atom stereocenters. The van der Waals surface area contributed by atoms with E-state index in [4.69, 9.17) is 4.84 Å². The molecule has 3 nitrogen and oxygen atoms in total. The molecule has 1 saturated heterocycles. The second-order valence-corrected chi connectivity index (χ2v) is 2.19. The Bertz CT molecular complexity index is 114. The molecule has 1 rings (SSSR count). The molecule has 0 aromatic rings. The van der Waals surface area contributed by atoms with Gasteiger partial charge in [-0.15, -0.1) is 0 Å². The Kier molecular flexibility index (Phi) is 2.19. The molecule has 0 spiro atoms. The number of piperidine rings is 1. The van der Waals surface area contributed by atoms with Crippen LogP contribution in [0.2, 0.25) is 0 Å². The molecule has 1 heterocycles. The minimum Gasteiger partial charge on any atom is -0.302 e. The van der Waals surface area contributed by atoms with Crippen molar-refractivity contribution >= 4 is 5.78 Å². The summed E-state index contributed by atoms with van der Waals surface area (Å²) in [4.78, 5) is 15.6. The van der Waals surface area contributed by atoms with E-state index < -0.39 is 0 Å². The third kappa shape index (κ3) is 1.77.